The molecule has 4 rings (SSSR count). The van der Waals surface area contributed by atoms with Crippen LogP contribution in [0.25, 0.3) is 0 Å². The fourth-order valence-corrected chi connectivity index (χ4v) is 6.78. The Morgan fingerprint density at radius 3 is 1.62 bits per heavy atom. The van der Waals surface area contributed by atoms with Crippen LogP contribution in [0.3, 0.4) is 0 Å². The van der Waals surface area contributed by atoms with E-state index in [4.69, 9.17) is 0 Å². The van der Waals surface area contributed by atoms with Gasteiger partial charge in [0.1, 0.15) is 0 Å². The van der Waals surface area contributed by atoms with E-state index in [2.05, 4.69) is 104 Å². The molecule has 3 aromatic carbocycles. The van der Waals surface area contributed by atoms with E-state index in [1.807, 2.05) is 0 Å². The largest absolute Gasteiger partial charge is 0.308 e. The van der Waals surface area contributed by atoms with Gasteiger partial charge in [0, 0.05) is 15.5 Å². The fourth-order valence-electron chi connectivity index (χ4n) is 3.61. The van der Waals surface area contributed by atoms with Crippen molar-refractivity contribution in [1.29, 1.82) is 0 Å². The van der Waals surface area contributed by atoms with Gasteiger partial charge >= 0.3 is 0 Å². The van der Waals surface area contributed by atoms with Crippen molar-refractivity contribution < 1.29 is 0 Å². The average molecular weight is 334 g/mol. The number of benzene rings is 3. The first-order valence-corrected chi connectivity index (χ1v) is 10.5. The predicted octanol–water partition coefficient (Wildman–Crippen LogP) is 6.73. The molecule has 0 aliphatic carbocycles. The molecule has 3 aromatic rings. The molecule has 0 bridgehead atoms. The fraction of sp³-hybridized carbons (Fsp3) is 0.182. The molecule has 0 saturated carbocycles. The molecule has 1 nitrogen and oxygen atoms in total. The zero-order valence-electron chi connectivity index (χ0n) is 14.4. The summed E-state index contributed by atoms with van der Waals surface area (Å²) in [5, 5.41) is 0.595. The summed E-state index contributed by atoms with van der Waals surface area (Å²) in [5.74, 6) is 0. The number of hydrogen-bond acceptors (Lipinski definition) is 1. The lowest BCUT2D eigenvalue weighted by molar-refractivity contribution is 1.04. The Bertz CT molecular complexity index is 822. The van der Waals surface area contributed by atoms with E-state index < -0.39 is 10.0 Å². The molecule has 1 heterocycles. The molecule has 0 radical (unpaired) electrons. The van der Waals surface area contributed by atoms with Crippen LogP contribution in [0, 0.1) is 0 Å². The Kier molecular flexibility index (Phi) is 3.65. The number of rotatable bonds is 2. The van der Waals surface area contributed by atoms with Crippen molar-refractivity contribution in [1.82, 2.24) is 0 Å². The molecule has 0 fully saturated rings. The first-order valence-electron chi connectivity index (χ1n) is 8.44. The lowest BCUT2D eigenvalue weighted by Gasteiger charge is -2.49. The highest BCUT2D eigenvalue weighted by Crippen LogP contribution is 2.71. The summed E-state index contributed by atoms with van der Waals surface area (Å²) in [6.07, 6.45) is 2.47. The molecule has 0 amide bonds. The average Bonchev–Trinajstić information content (AvgIpc) is 2.63. The summed E-state index contributed by atoms with van der Waals surface area (Å²) in [4.78, 5) is 5.40. The van der Waals surface area contributed by atoms with E-state index >= 15 is 0 Å². The highest BCUT2D eigenvalue weighted by molar-refractivity contribution is 8.34. The van der Waals surface area contributed by atoms with Gasteiger partial charge in [-0.15, -0.1) is 0 Å². The van der Waals surface area contributed by atoms with E-state index in [9.17, 15) is 0 Å². The molecule has 0 aromatic heterocycles. The van der Waals surface area contributed by atoms with Gasteiger partial charge in [0.05, 0.1) is 11.4 Å². The second-order valence-corrected chi connectivity index (χ2v) is 10.4. The Labute approximate surface area is 146 Å². The van der Waals surface area contributed by atoms with E-state index in [1.165, 1.54) is 26.9 Å². The lowest BCUT2D eigenvalue weighted by Crippen LogP contribution is -2.24. The molecule has 122 valence electrons. The van der Waals surface area contributed by atoms with Crippen LogP contribution in [0.1, 0.15) is 13.8 Å². The maximum Gasteiger partial charge on any atom is 0.0586 e. The smallest absolute Gasteiger partial charge is 0.0586 e. The molecule has 0 saturated heterocycles. The summed E-state index contributed by atoms with van der Waals surface area (Å²) in [6, 6.07) is 28.6. The first kappa shape index (κ1) is 15.3. The van der Waals surface area contributed by atoms with E-state index in [0.29, 0.717) is 5.25 Å². The molecule has 24 heavy (non-hydrogen) atoms. The van der Waals surface area contributed by atoms with Crippen LogP contribution < -0.4 is 4.90 Å². The van der Waals surface area contributed by atoms with Crippen molar-refractivity contribution in [2.24, 2.45) is 0 Å². The standard InChI is InChI=1S/C22H23NS/c1-17(2)24(3)21-15-9-7-13-19(21)23(18-11-5-4-6-12-18)20-14-8-10-16-22(20)24/h4-17H,1-3H3. The van der Waals surface area contributed by atoms with Crippen molar-refractivity contribution >= 4 is 27.1 Å². The monoisotopic (exact) mass is 333 g/mol. The van der Waals surface area contributed by atoms with Crippen molar-refractivity contribution in [2.75, 3.05) is 11.2 Å². The second kappa shape index (κ2) is 5.71. The van der Waals surface area contributed by atoms with Crippen LogP contribution in [0.2, 0.25) is 0 Å². The topological polar surface area (TPSA) is 3.24 Å². The highest BCUT2D eigenvalue weighted by atomic mass is 32.3. The third-order valence-electron chi connectivity index (χ3n) is 5.08. The minimum absolute atomic E-state index is 0.595. The van der Waals surface area contributed by atoms with Crippen molar-refractivity contribution in [3.63, 3.8) is 0 Å². The van der Waals surface area contributed by atoms with Crippen molar-refractivity contribution in [2.45, 2.75) is 28.9 Å². The SMILES string of the molecule is CC(C)S1(C)c2ccccc2N(c2ccccc2)c2ccccc21. The van der Waals surface area contributed by atoms with Gasteiger partial charge in [0.2, 0.25) is 0 Å². The number of fused-ring (bicyclic) bond motifs is 2. The Balaban J connectivity index is 2.06. The number of anilines is 3. The molecule has 0 N–H and O–H groups in total. The second-order valence-electron chi connectivity index (χ2n) is 6.64. The summed E-state index contributed by atoms with van der Waals surface area (Å²) < 4.78 is 0. The summed E-state index contributed by atoms with van der Waals surface area (Å²) in [5.41, 5.74) is 3.88. The minimum Gasteiger partial charge on any atom is -0.308 e. The van der Waals surface area contributed by atoms with Gasteiger partial charge in [0.25, 0.3) is 0 Å². The Morgan fingerprint density at radius 2 is 1.12 bits per heavy atom. The first-order chi connectivity index (χ1) is 11.6. The molecule has 0 spiro atoms. The number of hydrogen-bond donors (Lipinski definition) is 0. The van der Waals surface area contributed by atoms with Crippen LogP contribution >= 0.6 is 10.0 Å². The summed E-state index contributed by atoms with van der Waals surface area (Å²) >= 11 is 0. The van der Waals surface area contributed by atoms with Gasteiger partial charge in [-0.3, -0.25) is 0 Å². The van der Waals surface area contributed by atoms with Crippen molar-refractivity contribution in [3.05, 3.63) is 78.9 Å². The molecular formula is C22H23NS. The van der Waals surface area contributed by atoms with Crippen LogP contribution in [0.5, 0.6) is 0 Å². The maximum absolute atomic E-state index is 2.47. The highest BCUT2D eigenvalue weighted by Gasteiger charge is 2.38. The third kappa shape index (κ3) is 2.10. The van der Waals surface area contributed by atoms with E-state index in [-0.39, 0.29) is 0 Å². The van der Waals surface area contributed by atoms with E-state index in [0.717, 1.165) is 0 Å². The lowest BCUT2D eigenvalue weighted by atomic mass is 10.2. The number of para-hydroxylation sites is 3. The van der Waals surface area contributed by atoms with Gasteiger partial charge in [-0.05, 0) is 47.9 Å². The van der Waals surface area contributed by atoms with Crippen LogP contribution in [-0.2, 0) is 0 Å². The summed E-state index contributed by atoms with van der Waals surface area (Å²) in [6.45, 7) is 4.72. The van der Waals surface area contributed by atoms with Gasteiger partial charge in [-0.1, -0.05) is 56.3 Å². The molecular weight excluding hydrogens is 310 g/mol. The number of nitrogens with zero attached hydrogens (tertiary/aromatic N) is 1. The quantitative estimate of drug-likeness (QED) is 0.502. The van der Waals surface area contributed by atoms with Crippen LogP contribution in [0.4, 0.5) is 17.1 Å². The molecule has 0 unspecified atom stereocenters. The molecule has 1 aliphatic rings. The van der Waals surface area contributed by atoms with Crippen LogP contribution in [0.15, 0.2) is 88.7 Å². The molecule has 2 heteroatoms. The van der Waals surface area contributed by atoms with Gasteiger partial charge in [-0.25, -0.2) is 0 Å². The van der Waals surface area contributed by atoms with Gasteiger partial charge in [0.15, 0.2) is 0 Å². The van der Waals surface area contributed by atoms with Crippen LogP contribution in [-0.4, -0.2) is 11.5 Å². The molecule has 1 aliphatic heterocycles. The zero-order chi connectivity index (χ0) is 16.7. The van der Waals surface area contributed by atoms with E-state index in [1.54, 1.807) is 0 Å². The van der Waals surface area contributed by atoms with Crippen molar-refractivity contribution in [3.8, 4) is 0 Å². The van der Waals surface area contributed by atoms with Gasteiger partial charge < -0.3 is 4.90 Å². The molecule has 0 atom stereocenters. The Morgan fingerprint density at radius 1 is 0.667 bits per heavy atom. The van der Waals surface area contributed by atoms with Gasteiger partial charge in [-0.2, -0.15) is 10.0 Å². The minimum atomic E-state index is -1.06. The third-order valence-corrected chi connectivity index (χ3v) is 9.49. The predicted molar refractivity (Wildman–Crippen MR) is 106 cm³/mol. The normalized spacial score (nSPS) is 16.4. The maximum atomic E-state index is 2.47. The Hall–Kier alpha value is -2.19. The summed E-state index contributed by atoms with van der Waals surface area (Å²) in [7, 11) is -1.06. The zero-order valence-corrected chi connectivity index (χ0v) is 15.3.